The highest BCUT2D eigenvalue weighted by Gasteiger charge is 2.36. The van der Waals surface area contributed by atoms with E-state index in [1.54, 1.807) is 0 Å². The van der Waals surface area contributed by atoms with Crippen LogP contribution in [0.5, 0.6) is 0 Å². The zero-order chi connectivity index (χ0) is 9.86. The lowest BCUT2D eigenvalue weighted by atomic mass is 9.83. The highest BCUT2D eigenvalue weighted by atomic mass is 16.5. The summed E-state index contributed by atoms with van der Waals surface area (Å²) in [5.74, 6) is 0. The van der Waals surface area contributed by atoms with Gasteiger partial charge in [0.2, 0.25) is 0 Å². The average Bonchev–Trinajstić information content (AvgIpc) is 2.14. The van der Waals surface area contributed by atoms with Crippen molar-refractivity contribution >= 4 is 0 Å². The number of ether oxygens (including phenoxy) is 1. The van der Waals surface area contributed by atoms with Crippen LogP contribution in [-0.2, 0) is 4.74 Å². The van der Waals surface area contributed by atoms with Crippen molar-refractivity contribution < 1.29 is 4.74 Å². The van der Waals surface area contributed by atoms with Crippen molar-refractivity contribution in [3.8, 4) is 0 Å². The largest absolute Gasteiger partial charge is 0.370 e. The Hall–Kier alpha value is -0.0800. The molecule has 2 aliphatic rings. The van der Waals surface area contributed by atoms with Gasteiger partial charge in [0, 0.05) is 6.54 Å². The van der Waals surface area contributed by atoms with Gasteiger partial charge < -0.3 is 10.1 Å². The summed E-state index contributed by atoms with van der Waals surface area (Å²) in [7, 11) is 2.04. The first-order chi connectivity index (χ1) is 6.85. The second-order valence-electron chi connectivity index (χ2n) is 4.94. The van der Waals surface area contributed by atoms with Crippen molar-refractivity contribution in [1.82, 2.24) is 5.32 Å². The minimum absolute atomic E-state index is 0.193. The molecule has 0 unspecified atom stereocenters. The summed E-state index contributed by atoms with van der Waals surface area (Å²) >= 11 is 0. The van der Waals surface area contributed by atoms with Crippen molar-refractivity contribution in [3.05, 3.63) is 0 Å². The van der Waals surface area contributed by atoms with Crippen molar-refractivity contribution in [1.29, 1.82) is 0 Å². The Morgan fingerprint density at radius 3 is 2.36 bits per heavy atom. The van der Waals surface area contributed by atoms with E-state index in [0.29, 0.717) is 6.10 Å². The molecule has 0 spiro atoms. The van der Waals surface area contributed by atoms with E-state index < -0.39 is 0 Å². The molecule has 0 aromatic heterocycles. The number of hydrogen-bond acceptors (Lipinski definition) is 2. The molecule has 0 amide bonds. The Bertz CT molecular complexity index is 166. The maximum absolute atomic E-state index is 6.29. The summed E-state index contributed by atoms with van der Waals surface area (Å²) in [6, 6.07) is 0. The first kappa shape index (κ1) is 10.4. The molecule has 0 atom stereocenters. The zero-order valence-corrected chi connectivity index (χ0v) is 9.35. The van der Waals surface area contributed by atoms with Gasteiger partial charge in [-0.3, -0.25) is 0 Å². The molecule has 2 saturated carbocycles. The fraction of sp³-hybridized carbons (Fsp3) is 1.00. The van der Waals surface area contributed by atoms with Crippen LogP contribution in [0.25, 0.3) is 0 Å². The Morgan fingerprint density at radius 2 is 1.86 bits per heavy atom. The highest BCUT2D eigenvalue weighted by Crippen LogP contribution is 2.36. The first-order valence-corrected chi connectivity index (χ1v) is 6.17. The van der Waals surface area contributed by atoms with Gasteiger partial charge >= 0.3 is 0 Å². The highest BCUT2D eigenvalue weighted by molar-refractivity contribution is 4.88. The molecule has 0 radical (unpaired) electrons. The maximum atomic E-state index is 6.29. The van der Waals surface area contributed by atoms with E-state index in [1.165, 1.54) is 51.4 Å². The van der Waals surface area contributed by atoms with Gasteiger partial charge in [-0.05, 0) is 39.2 Å². The molecule has 0 bridgehead atoms. The molecule has 2 rings (SSSR count). The van der Waals surface area contributed by atoms with E-state index in [2.05, 4.69) is 5.32 Å². The van der Waals surface area contributed by atoms with E-state index in [4.69, 9.17) is 4.74 Å². The molecule has 0 saturated heterocycles. The summed E-state index contributed by atoms with van der Waals surface area (Å²) < 4.78 is 6.29. The van der Waals surface area contributed by atoms with Gasteiger partial charge in [-0.15, -0.1) is 0 Å². The van der Waals surface area contributed by atoms with E-state index in [1.807, 2.05) is 7.05 Å². The monoisotopic (exact) mass is 197 g/mol. The maximum Gasteiger partial charge on any atom is 0.0809 e. The fourth-order valence-corrected chi connectivity index (χ4v) is 2.70. The molecule has 0 heterocycles. The molecular formula is C12H23NO. The van der Waals surface area contributed by atoms with Crippen molar-refractivity contribution in [2.45, 2.75) is 63.1 Å². The third kappa shape index (κ3) is 2.29. The first-order valence-electron chi connectivity index (χ1n) is 6.17. The van der Waals surface area contributed by atoms with Gasteiger partial charge in [0.15, 0.2) is 0 Å². The summed E-state index contributed by atoms with van der Waals surface area (Å²) in [5, 5.41) is 3.31. The Labute approximate surface area is 87.4 Å². The smallest absolute Gasteiger partial charge is 0.0809 e. The number of rotatable bonds is 4. The Kier molecular flexibility index (Phi) is 3.45. The minimum atomic E-state index is 0.193. The number of nitrogens with one attached hydrogen (secondary N) is 1. The quantitative estimate of drug-likeness (QED) is 0.747. The molecule has 2 heteroatoms. The standard InChI is InChI=1S/C12H23NO/c1-13-10-12(8-3-2-4-9-12)14-11-6-5-7-11/h11,13H,2-10H2,1H3. The third-order valence-electron chi connectivity index (χ3n) is 3.73. The number of hydrogen-bond donors (Lipinski definition) is 1. The van der Waals surface area contributed by atoms with Crippen LogP contribution in [0.1, 0.15) is 51.4 Å². The lowest BCUT2D eigenvalue weighted by Gasteiger charge is -2.42. The topological polar surface area (TPSA) is 21.3 Å². The summed E-state index contributed by atoms with van der Waals surface area (Å²) in [6.45, 7) is 1.05. The molecule has 14 heavy (non-hydrogen) atoms. The van der Waals surface area contributed by atoms with Crippen molar-refractivity contribution in [3.63, 3.8) is 0 Å². The van der Waals surface area contributed by atoms with Crippen LogP contribution in [0.4, 0.5) is 0 Å². The fourth-order valence-electron chi connectivity index (χ4n) is 2.70. The summed E-state index contributed by atoms with van der Waals surface area (Å²) in [4.78, 5) is 0. The minimum Gasteiger partial charge on any atom is -0.370 e. The molecule has 82 valence electrons. The second-order valence-corrected chi connectivity index (χ2v) is 4.94. The molecule has 0 aromatic carbocycles. The SMILES string of the molecule is CNCC1(OC2CCC2)CCCCC1. The van der Waals surface area contributed by atoms with Gasteiger partial charge in [-0.2, -0.15) is 0 Å². The van der Waals surface area contributed by atoms with Gasteiger partial charge in [-0.1, -0.05) is 19.3 Å². The predicted molar refractivity (Wildman–Crippen MR) is 58.5 cm³/mol. The van der Waals surface area contributed by atoms with E-state index >= 15 is 0 Å². The summed E-state index contributed by atoms with van der Waals surface area (Å²) in [6.07, 6.45) is 11.2. The lowest BCUT2D eigenvalue weighted by molar-refractivity contribution is -0.135. The van der Waals surface area contributed by atoms with Crippen LogP contribution in [-0.4, -0.2) is 25.3 Å². The van der Waals surface area contributed by atoms with E-state index in [-0.39, 0.29) is 5.60 Å². The van der Waals surface area contributed by atoms with Crippen LogP contribution in [0.3, 0.4) is 0 Å². The molecule has 1 N–H and O–H groups in total. The Morgan fingerprint density at radius 1 is 1.14 bits per heavy atom. The molecule has 2 aliphatic carbocycles. The van der Waals surface area contributed by atoms with E-state index in [9.17, 15) is 0 Å². The van der Waals surface area contributed by atoms with Gasteiger partial charge in [0.1, 0.15) is 0 Å². The van der Waals surface area contributed by atoms with Crippen LogP contribution < -0.4 is 5.32 Å². The third-order valence-corrected chi connectivity index (χ3v) is 3.73. The zero-order valence-electron chi connectivity index (χ0n) is 9.35. The van der Waals surface area contributed by atoms with Crippen LogP contribution in [0.2, 0.25) is 0 Å². The number of likely N-dealkylation sites (N-methyl/N-ethyl adjacent to an activating group) is 1. The van der Waals surface area contributed by atoms with Gasteiger partial charge in [-0.25, -0.2) is 0 Å². The van der Waals surface area contributed by atoms with Crippen LogP contribution >= 0.6 is 0 Å². The normalized spacial score (nSPS) is 27.2. The van der Waals surface area contributed by atoms with Crippen molar-refractivity contribution in [2.24, 2.45) is 0 Å². The molecular weight excluding hydrogens is 174 g/mol. The molecule has 0 aromatic rings. The van der Waals surface area contributed by atoms with Gasteiger partial charge in [0.25, 0.3) is 0 Å². The van der Waals surface area contributed by atoms with Crippen molar-refractivity contribution in [2.75, 3.05) is 13.6 Å². The van der Waals surface area contributed by atoms with Crippen LogP contribution in [0.15, 0.2) is 0 Å². The van der Waals surface area contributed by atoms with Crippen LogP contribution in [0, 0.1) is 0 Å². The molecule has 0 aliphatic heterocycles. The predicted octanol–water partition coefficient (Wildman–Crippen LogP) is 2.48. The Balaban J connectivity index is 1.89. The molecule has 2 nitrogen and oxygen atoms in total. The lowest BCUT2D eigenvalue weighted by Crippen LogP contribution is -2.47. The second kappa shape index (κ2) is 4.63. The average molecular weight is 197 g/mol. The summed E-state index contributed by atoms with van der Waals surface area (Å²) in [5.41, 5.74) is 0.193. The molecule has 2 fully saturated rings. The van der Waals surface area contributed by atoms with Gasteiger partial charge in [0.05, 0.1) is 11.7 Å². The van der Waals surface area contributed by atoms with E-state index in [0.717, 1.165) is 6.54 Å².